The Labute approximate surface area is 180 Å². The fourth-order valence-electron chi connectivity index (χ4n) is 3.41. The third kappa shape index (κ3) is 6.34. The largest absolute Gasteiger partial charge is 0.483 e. The topological polar surface area (TPSA) is 58.6 Å². The van der Waals surface area contributed by atoms with Crippen molar-refractivity contribution < 1.29 is 14.3 Å². The summed E-state index contributed by atoms with van der Waals surface area (Å²) in [6.07, 6.45) is 0.527. The molecule has 2 aromatic rings. The number of carbonyl (C=O) groups excluding carboxylic acids is 2. The van der Waals surface area contributed by atoms with Crippen LogP contribution in [0, 0.1) is 20.8 Å². The Hall–Kier alpha value is -2.82. The number of nitrogens with zero attached hydrogens (tertiary/aromatic N) is 1. The predicted molar refractivity (Wildman–Crippen MR) is 120 cm³/mol. The van der Waals surface area contributed by atoms with Crippen LogP contribution in [-0.4, -0.2) is 35.4 Å². The number of hydrogen-bond acceptors (Lipinski definition) is 3. The van der Waals surface area contributed by atoms with Crippen LogP contribution in [0.2, 0.25) is 0 Å². The van der Waals surface area contributed by atoms with Gasteiger partial charge in [-0.15, -0.1) is 0 Å². The molecule has 0 unspecified atom stereocenters. The zero-order valence-electron chi connectivity index (χ0n) is 19.0. The number of benzene rings is 2. The quantitative estimate of drug-likeness (QED) is 0.670. The highest BCUT2D eigenvalue weighted by atomic mass is 16.5. The van der Waals surface area contributed by atoms with Gasteiger partial charge in [-0.1, -0.05) is 48.9 Å². The minimum Gasteiger partial charge on any atom is -0.483 e. The standard InChI is InChI=1S/C25H34N2O3/c1-7-22(25(29)26-17(2)3)27(15-21-12-8-10-18(4)14-21)24(28)16-30-23-13-9-11-19(5)20(23)6/h8-14,17,22H,7,15-16H2,1-6H3,(H,26,29)/t22-/m0/s1. The summed E-state index contributed by atoms with van der Waals surface area (Å²) in [5.74, 6) is 0.349. The van der Waals surface area contributed by atoms with Crippen LogP contribution >= 0.6 is 0 Å². The van der Waals surface area contributed by atoms with Crippen molar-refractivity contribution in [2.45, 2.75) is 66.6 Å². The van der Waals surface area contributed by atoms with Crippen LogP contribution in [0.5, 0.6) is 5.75 Å². The Balaban J connectivity index is 2.25. The lowest BCUT2D eigenvalue weighted by Gasteiger charge is -2.31. The van der Waals surface area contributed by atoms with Crippen molar-refractivity contribution in [3.05, 3.63) is 64.7 Å². The highest BCUT2D eigenvalue weighted by Gasteiger charge is 2.29. The van der Waals surface area contributed by atoms with Crippen LogP contribution in [0.3, 0.4) is 0 Å². The molecule has 0 aromatic heterocycles. The molecule has 0 radical (unpaired) electrons. The van der Waals surface area contributed by atoms with Gasteiger partial charge in [-0.25, -0.2) is 0 Å². The molecule has 0 fully saturated rings. The molecule has 0 aliphatic carbocycles. The molecule has 162 valence electrons. The highest BCUT2D eigenvalue weighted by Crippen LogP contribution is 2.21. The summed E-state index contributed by atoms with van der Waals surface area (Å²) in [4.78, 5) is 27.7. The van der Waals surface area contributed by atoms with E-state index in [4.69, 9.17) is 4.74 Å². The molecule has 2 amide bonds. The number of carbonyl (C=O) groups is 2. The molecule has 0 aliphatic heterocycles. The SMILES string of the molecule is CC[C@@H](C(=O)NC(C)C)N(Cc1cccc(C)c1)C(=O)COc1cccc(C)c1C. The van der Waals surface area contributed by atoms with Crippen molar-refractivity contribution in [2.24, 2.45) is 0 Å². The summed E-state index contributed by atoms with van der Waals surface area (Å²) < 4.78 is 5.85. The smallest absolute Gasteiger partial charge is 0.261 e. The van der Waals surface area contributed by atoms with Gasteiger partial charge in [0.15, 0.2) is 6.61 Å². The van der Waals surface area contributed by atoms with Crippen LogP contribution in [0.25, 0.3) is 0 Å². The number of hydrogen-bond donors (Lipinski definition) is 1. The van der Waals surface area contributed by atoms with E-state index in [9.17, 15) is 9.59 Å². The maximum atomic E-state index is 13.2. The minimum absolute atomic E-state index is 0.00802. The first-order valence-electron chi connectivity index (χ1n) is 10.6. The molecular weight excluding hydrogens is 376 g/mol. The van der Waals surface area contributed by atoms with Gasteiger partial charge < -0.3 is 15.0 Å². The fourth-order valence-corrected chi connectivity index (χ4v) is 3.41. The average molecular weight is 411 g/mol. The van der Waals surface area contributed by atoms with Crippen molar-refractivity contribution in [2.75, 3.05) is 6.61 Å². The molecule has 5 nitrogen and oxygen atoms in total. The lowest BCUT2D eigenvalue weighted by molar-refractivity contribution is -0.143. The van der Waals surface area contributed by atoms with Crippen molar-refractivity contribution in [1.29, 1.82) is 0 Å². The van der Waals surface area contributed by atoms with E-state index in [-0.39, 0.29) is 24.5 Å². The summed E-state index contributed by atoms with van der Waals surface area (Å²) in [5.41, 5.74) is 4.23. The molecular formula is C25H34N2O3. The van der Waals surface area contributed by atoms with Gasteiger partial charge in [0.05, 0.1) is 0 Å². The molecule has 1 N–H and O–H groups in total. The number of amides is 2. The van der Waals surface area contributed by atoms with Crippen LogP contribution in [0.15, 0.2) is 42.5 Å². The Morgan fingerprint density at radius 2 is 1.77 bits per heavy atom. The van der Waals surface area contributed by atoms with Crippen molar-refractivity contribution in [1.82, 2.24) is 10.2 Å². The fraction of sp³-hybridized carbons (Fsp3) is 0.440. The van der Waals surface area contributed by atoms with Crippen LogP contribution in [0.1, 0.15) is 49.4 Å². The average Bonchev–Trinajstić information content (AvgIpc) is 2.68. The summed E-state index contributed by atoms with van der Waals surface area (Å²) in [6, 6.07) is 13.2. The van der Waals surface area contributed by atoms with Gasteiger partial charge in [-0.3, -0.25) is 9.59 Å². The molecule has 1 atom stereocenters. The molecule has 2 rings (SSSR count). The maximum absolute atomic E-state index is 13.2. The molecule has 0 bridgehead atoms. The molecule has 0 spiro atoms. The lowest BCUT2D eigenvalue weighted by atomic mass is 10.1. The Morgan fingerprint density at radius 3 is 2.40 bits per heavy atom. The third-order valence-electron chi connectivity index (χ3n) is 5.16. The lowest BCUT2D eigenvalue weighted by Crippen LogP contribution is -2.51. The first-order chi connectivity index (χ1) is 14.2. The second-order valence-corrected chi connectivity index (χ2v) is 8.08. The first kappa shape index (κ1) is 23.5. The van der Waals surface area contributed by atoms with Crippen molar-refractivity contribution in [3.8, 4) is 5.75 Å². The molecule has 0 aliphatic rings. The second kappa shape index (κ2) is 10.8. The summed E-state index contributed by atoms with van der Waals surface area (Å²) in [6.45, 7) is 12.0. The van der Waals surface area contributed by atoms with E-state index in [2.05, 4.69) is 5.32 Å². The monoisotopic (exact) mass is 410 g/mol. The van der Waals surface area contributed by atoms with Crippen LogP contribution in [0.4, 0.5) is 0 Å². The summed E-state index contributed by atoms with van der Waals surface area (Å²) in [7, 11) is 0. The van der Waals surface area contributed by atoms with Gasteiger partial charge in [-0.05, 0) is 63.8 Å². The van der Waals surface area contributed by atoms with E-state index in [1.165, 1.54) is 0 Å². The Kier molecular flexibility index (Phi) is 8.46. The van der Waals surface area contributed by atoms with E-state index in [1.807, 2.05) is 84.0 Å². The molecule has 5 heteroatoms. The molecule has 0 heterocycles. The van der Waals surface area contributed by atoms with Crippen LogP contribution < -0.4 is 10.1 Å². The zero-order chi connectivity index (χ0) is 22.3. The number of rotatable bonds is 9. The summed E-state index contributed by atoms with van der Waals surface area (Å²) in [5, 5.41) is 2.94. The Bertz CT molecular complexity index is 876. The molecule has 2 aromatic carbocycles. The Morgan fingerprint density at radius 1 is 1.07 bits per heavy atom. The number of aryl methyl sites for hydroxylation is 2. The van der Waals surface area contributed by atoms with Crippen LogP contribution in [-0.2, 0) is 16.1 Å². The molecule has 30 heavy (non-hydrogen) atoms. The summed E-state index contributed by atoms with van der Waals surface area (Å²) >= 11 is 0. The zero-order valence-corrected chi connectivity index (χ0v) is 19.0. The molecule has 0 saturated carbocycles. The normalized spacial score (nSPS) is 11.8. The van der Waals surface area contributed by atoms with Gasteiger partial charge in [-0.2, -0.15) is 0 Å². The van der Waals surface area contributed by atoms with E-state index in [1.54, 1.807) is 4.90 Å². The van der Waals surface area contributed by atoms with E-state index >= 15 is 0 Å². The third-order valence-corrected chi connectivity index (χ3v) is 5.16. The first-order valence-corrected chi connectivity index (χ1v) is 10.6. The number of ether oxygens (including phenoxy) is 1. The van der Waals surface area contributed by atoms with Gasteiger partial charge >= 0.3 is 0 Å². The second-order valence-electron chi connectivity index (χ2n) is 8.08. The van der Waals surface area contributed by atoms with E-state index in [0.29, 0.717) is 18.7 Å². The van der Waals surface area contributed by atoms with Crippen molar-refractivity contribution in [3.63, 3.8) is 0 Å². The predicted octanol–water partition coefficient (Wildman–Crippen LogP) is 4.32. The van der Waals surface area contributed by atoms with Crippen molar-refractivity contribution >= 4 is 11.8 Å². The van der Waals surface area contributed by atoms with E-state index < -0.39 is 6.04 Å². The molecule has 0 saturated heterocycles. The number of nitrogens with one attached hydrogen (secondary N) is 1. The van der Waals surface area contributed by atoms with E-state index in [0.717, 1.165) is 22.3 Å². The maximum Gasteiger partial charge on any atom is 0.261 e. The minimum atomic E-state index is -0.553. The van der Waals surface area contributed by atoms with Gasteiger partial charge in [0.2, 0.25) is 5.91 Å². The van der Waals surface area contributed by atoms with Gasteiger partial charge in [0, 0.05) is 12.6 Å². The van der Waals surface area contributed by atoms with Gasteiger partial charge in [0.1, 0.15) is 11.8 Å². The van der Waals surface area contributed by atoms with Gasteiger partial charge in [0.25, 0.3) is 5.91 Å². The highest BCUT2D eigenvalue weighted by molar-refractivity contribution is 5.88.